The average Bonchev–Trinajstić information content (AvgIpc) is 2.54. The van der Waals surface area contributed by atoms with Crippen LogP contribution in [0.4, 0.5) is 8.78 Å². The molecular weight excluding hydrogens is 324 g/mol. The Balaban J connectivity index is 2.26. The third kappa shape index (κ3) is 4.13. The summed E-state index contributed by atoms with van der Waals surface area (Å²) in [4.78, 5) is -0.723. The number of benzene rings is 2. The van der Waals surface area contributed by atoms with Gasteiger partial charge in [-0.05, 0) is 24.1 Å². The van der Waals surface area contributed by atoms with Crippen molar-refractivity contribution in [3.63, 3.8) is 0 Å². The third-order valence-corrected chi connectivity index (χ3v) is 5.29. The molecule has 0 spiro atoms. The van der Waals surface area contributed by atoms with Gasteiger partial charge in [0, 0.05) is 13.1 Å². The summed E-state index contributed by atoms with van der Waals surface area (Å²) in [7, 11) is -4.23. The molecule has 7 heteroatoms. The smallest absolute Gasteiger partial charge is 0.246 e. The summed E-state index contributed by atoms with van der Waals surface area (Å²) in [6.45, 7) is -0.543. The van der Waals surface area contributed by atoms with E-state index in [1.54, 1.807) is 0 Å². The second-order valence-corrected chi connectivity index (χ2v) is 6.82. The molecule has 0 fully saturated rings. The van der Waals surface area contributed by atoms with Crippen LogP contribution < -0.4 is 0 Å². The quantitative estimate of drug-likeness (QED) is 0.840. The fourth-order valence-corrected chi connectivity index (χ4v) is 3.69. The van der Waals surface area contributed by atoms with E-state index in [2.05, 4.69) is 0 Å². The van der Waals surface area contributed by atoms with Crippen molar-refractivity contribution >= 4 is 10.0 Å². The lowest BCUT2D eigenvalue weighted by Crippen LogP contribution is -2.36. The highest BCUT2D eigenvalue weighted by atomic mass is 32.2. The normalized spacial score (nSPS) is 11.8. The van der Waals surface area contributed by atoms with Crippen LogP contribution in [0.1, 0.15) is 5.56 Å². The summed E-state index contributed by atoms with van der Waals surface area (Å²) in [6, 6.07) is 12.2. The maximum atomic E-state index is 13.8. The van der Waals surface area contributed by atoms with Crippen molar-refractivity contribution in [2.75, 3.05) is 19.7 Å². The van der Waals surface area contributed by atoms with Gasteiger partial charge in [0.15, 0.2) is 11.6 Å². The molecule has 2 aromatic carbocycles. The Morgan fingerprint density at radius 1 is 0.957 bits per heavy atom. The Kier molecular flexibility index (Phi) is 5.81. The van der Waals surface area contributed by atoms with Gasteiger partial charge in [-0.15, -0.1) is 0 Å². The predicted octanol–water partition coefficient (Wildman–Crippen LogP) is 2.19. The first-order chi connectivity index (χ1) is 11.0. The zero-order valence-electron chi connectivity index (χ0n) is 12.3. The number of rotatable bonds is 7. The van der Waals surface area contributed by atoms with Gasteiger partial charge in [-0.1, -0.05) is 36.4 Å². The first-order valence-corrected chi connectivity index (χ1v) is 8.49. The summed E-state index contributed by atoms with van der Waals surface area (Å²) in [5.74, 6) is -2.63. The minimum Gasteiger partial charge on any atom is -0.395 e. The monoisotopic (exact) mass is 341 g/mol. The maximum Gasteiger partial charge on any atom is 0.246 e. The van der Waals surface area contributed by atoms with Crippen molar-refractivity contribution in [1.82, 2.24) is 4.31 Å². The van der Waals surface area contributed by atoms with Crippen molar-refractivity contribution in [2.45, 2.75) is 11.3 Å². The molecule has 0 bridgehead atoms. The second kappa shape index (κ2) is 7.63. The largest absolute Gasteiger partial charge is 0.395 e. The van der Waals surface area contributed by atoms with Gasteiger partial charge in [0.1, 0.15) is 4.90 Å². The summed E-state index contributed by atoms with van der Waals surface area (Å²) in [5.41, 5.74) is 0.908. The predicted molar refractivity (Wildman–Crippen MR) is 82.3 cm³/mol. The molecule has 23 heavy (non-hydrogen) atoms. The van der Waals surface area contributed by atoms with Crippen molar-refractivity contribution in [3.8, 4) is 0 Å². The first kappa shape index (κ1) is 17.5. The first-order valence-electron chi connectivity index (χ1n) is 7.05. The fraction of sp³-hybridized carbons (Fsp3) is 0.250. The van der Waals surface area contributed by atoms with Gasteiger partial charge in [0.05, 0.1) is 6.61 Å². The highest BCUT2D eigenvalue weighted by Crippen LogP contribution is 2.21. The molecule has 2 aromatic rings. The molecule has 0 unspecified atom stereocenters. The van der Waals surface area contributed by atoms with Crippen molar-refractivity contribution in [1.29, 1.82) is 0 Å². The van der Waals surface area contributed by atoms with E-state index in [0.717, 1.165) is 28.1 Å². The molecule has 124 valence electrons. The Bertz CT molecular complexity index is 751. The third-order valence-electron chi connectivity index (χ3n) is 3.38. The lowest BCUT2D eigenvalue weighted by atomic mass is 10.1. The van der Waals surface area contributed by atoms with Crippen LogP contribution in [-0.2, 0) is 16.4 Å². The Morgan fingerprint density at radius 2 is 1.65 bits per heavy atom. The molecule has 0 heterocycles. The number of halogens is 2. The minimum atomic E-state index is -4.23. The lowest BCUT2D eigenvalue weighted by Gasteiger charge is -2.21. The van der Waals surface area contributed by atoms with E-state index in [0.29, 0.717) is 6.42 Å². The van der Waals surface area contributed by atoms with Crippen molar-refractivity contribution in [3.05, 3.63) is 65.7 Å². The lowest BCUT2D eigenvalue weighted by molar-refractivity contribution is 0.254. The zero-order chi connectivity index (χ0) is 16.9. The number of aliphatic hydroxyl groups excluding tert-OH is 1. The molecule has 0 saturated carbocycles. The van der Waals surface area contributed by atoms with Gasteiger partial charge >= 0.3 is 0 Å². The molecule has 2 rings (SSSR count). The van der Waals surface area contributed by atoms with Crippen molar-refractivity contribution < 1.29 is 22.3 Å². The fourth-order valence-electron chi connectivity index (χ4n) is 2.18. The van der Waals surface area contributed by atoms with E-state index in [-0.39, 0.29) is 13.1 Å². The average molecular weight is 341 g/mol. The van der Waals surface area contributed by atoms with Crippen LogP contribution in [0, 0.1) is 11.6 Å². The van der Waals surface area contributed by atoms with Crippen LogP contribution in [0.2, 0.25) is 0 Å². The number of hydrogen-bond donors (Lipinski definition) is 1. The van der Waals surface area contributed by atoms with Gasteiger partial charge in [-0.2, -0.15) is 4.31 Å². The SMILES string of the molecule is O=S(=O)(c1cccc(F)c1F)N(CCO)CCc1ccccc1. The highest BCUT2D eigenvalue weighted by Gasteiger charge is 2.28. The summed E-state index contributed by atoms with van der Waals surface area (Å²) < 4.78 is 53.1. The van der Waals surface area contributed by atoms with Crippen LogP contribution >= 0.6 is 0 Å². The van der Waals surface area contributed by atoms with Crippen LogP contribution in [0.5, 0.6) is 0 Å². The molecule has 0 aliphatic rings. The Morgan fingerprint density at radius 3 is 2.30 bits per heavy atom. The van der Waals surface area contributed by atoms with E-state index >= 15 is 0 Å². The maximum absolute atomic E-state index is 13.8. The van der Waals surface area contributed by atoms with Gasteiger partial charge in [0.25, 0.3) is 0 Å². The molecule has 4 nitrogen and oxygen atoms in total. The molecule has 0 aliphatic carbocycles. The van der Waals surface area contributed by atoms with Crippen LogP contribution in [0.15, 0.2) is 53.4 Å². The molecular formula is C16H17F2NO3S. The molecule has 0 aliphatic heterocycles. The Labute approximate surface area is 134 Å². The van der Waals surface area contributed by atoms with E-state index in [1.807, 2.05) is 30.3 Å². The van der Waals surface area contributed by atoms with Crippen LogP contribution in [0.25, 0.3) is 0 Å². The molecule has 0 saturated heterocycles. The summed E-state index contributed by atoms with van der Waals surface area (Å²) in [5, 5.41) is 9.09. The van der Waals surface area contributed by atoms with Crippen LogP contribution in [0.3, 0.4) is 0 Å². The van der Waals surface area contributed by atoms with Crippen molar-refractivity contribution in [2.24, 2.45) is 0 Å². The highest BCUT2D eigenvalue weighted by molar-refractivity contribution is 7.89. The second-order valence-electron chi connectivity index (χ2n) is 4.92. The Hall–Kier alpha value is -1.83. The zero-order valence-corrected chi connectivity index (χ0v) is 13.1. The van der Waals surface area contributed by atoms with E-state index in [9.17, 15) is 17.2 Å². The van der Waals surface area contributed by atoms with Crippen LogP contribution in [-0.4, -0.2) is 37.5 Å². The number of nitrogens with zero attached hydrogens (tertiary/aromatic N) is 1. The number of hydrogen-bond acceptors (Lipinski definition) is 3. The van der Waals surface area contributed by atoms with E-state index in [4.69, 9.17) is 5.11 Å². The van der Waals surface area contributed by atoms with Gasteiger partial charge in [0.2, 0.25) is 10.0 Å². The topological polar surface area (TPSA) is 57.6 Å². The molecule has 0 radical (unpaired) electrons. The molecule has 0 amide bonds. The summed E-state index contributed by atoms with van der Waals surface area (Å²) >= 11 is 0. The minimum absolute atomic E-state index is 0.0584. The van der Waals surface area contributed by atoms with Gasteiger partial charge in [-0.3, -0.25) is 0 Å². The number of aliphatic hydroxyl groups is 1. The summed E-state index contributed by atoms with van der Waals surface area (Å²) in [6.07, 6.45) is 0.400. The molecule has 1 N–H and O–H groups in total. The van der Waals surface area contributed by atoms with E-state index < -0.39 is 33.2 Å². The van der Waals surface area contributed by atoms with Gasteiger partial charge < -0.3 is 5.11 Å². The number of sulfonamides is 1. The molecule has 0 aromatic heterocycles. The van der Waals surface area contributed by atoms with E-state index in [1.165, 1.54) is 0 Å². The van der Waals surface area contributed by atoms with Gasteiger partial charge in [-0.25, -0.2) is 17.2 Å². The standard InChI is InChI=1S/C16H17F2NO3S/c17-14-7-4-8-15(16(14)18)23(21,22)19(11-12-20)10-9-13-5-2-1-3-6-13/h1-8,20H,9-12H2. The molecule has 0 atom stereocenters.